The molecular formula is C16H20O4. The fourth-order valence-corrected chi connectivity index (χ4v) is 2.23. The van der Waals surface area contributed by atoms with E-state index in [1.807, 2.05) is 43.3 Å². The van der Waals surface area contributed by atoms with Crippen LogP contribution < -0.4 is 0 Å². The molecule has 4 nitrogen and oxygen atoms in total. The topological polar surface area (TPSA) is 44.8 Å². The third-order valence-corrected chi connectivity index (χ3v) is 3.11. The van der Waals surface area contributed by atoms with E-state index in [4.69, 9.17) is 14.2 Å². The number of hydrogen-bond donors (Lipinski definition) is 0. The second kappa shape index (κ2) is 7.10. The summed E-state index contributed by atoms with van der Waals surface area (Å²) >= 11 is 0. The molecule has 108 valence electrons. The van der Waals surface area contributed by atoms with Crippen molar-refractivity contribution in [2.45, 2.75) is 32.5 Å². The van der Waals surface area contributed by atoms with E-state index in [-0.39, 0.29) is 11.7 Å². The molecule has 2 atom stereocenters. The van der Waals surface area contributed by atoms with Crippen LogP contribution in [0.4, 0.5) is 0 Å². The Morgan fingerprint density at radius 2 is 2.00 bits per heavy atom. The lowest BCUT2D eigenvalue weighted by molar-refractivity contribution is -0.160. The summed E-state index contributed by atoms with van der Waals surface area (Å²) in [7, 11) is 0. The van der Waals surface area contributed by atoms with Gasteiger partial charge in [0.05, 0.1) is 6.61 Å². The molecule has 0 unspecified atom stereocenters. The second-order valence-electron chi connectivity index (χ2n) is 4.51. The van der Waals surface area contributed by atoms with E-state index in [0.29, 0.717) is 19.6 Å². The fraction of sp³-hybridized carbons (Fsp3) is 0.438. The summed E-state index contributed by atoms with van der Waals surface area (Å²) in [5.41, 5.74) is 1.14. The van der Waals surface area contributed by atoms with Crippen LogP contribution >= 0.6 is 0 Å². The van der Waals surface area contributed by atoms with Gasteiger partial charge in [-0.1, -0.05) is 30.3 Å². The minimum absolute atomic E-state index is 0.0981. The molecular weight excluding hydrogens is 256 g/mol. The van der Waals surface area contributed by atoms with E-state index < -0.39 is 12.3 Å². The van der Waals surface area contributed by atoms with E-state index in [2.05, 4.69) is 0 Å². The second-order valence-corrected chi connectivity index (χ2v) is 4.51. The van der Waals surface area contributed by atoms with Gasteiger partial charge >= 0.3 is 5.97 Å². The Labute approximate surface area is 119 Å². The van der Waals surface area contributed by atoms with Crippen molar-refractivity contribution in [1.29, 1.82) is 0 Å². The van der Waals surface area contributed by atoms with Crippen molar-refractivity contribution in [3.8, 4) is 0 Å². The van der Waals surface area contributed by atoms with Gasteiger partial charge in [0.15, 0.2) is 0 Å². The summed E-state index contributed by atoms with van der Waals surface area (Å²) < 4.78 is 16.1. The van der Waals surface area contributed by atoms with Crippen LogP contribution in [0.1, 0.15) is 31.7 Å². The molecule has 0 amide bonds. The van der Waals surface area contributed by atoms with E-state index in [1.165, 1.54) is 0 Å². The summed E-state index contributed by atoms with van der Waals surface area (Å²) in [5.74, 6) is -0.0934. The highest BCUT2D eigenvalue weighted by molar-refractivity contribution is 5.86. The van der Waals surface area contributed by atoms with Crippen LogP contribution in [-0.4, -0.2) is 25.5 Å². The van der Waals surface area contributed by atoms with Gasteiger partial charge in [-0.05, 0) is 25.5 Å². The van der Waals surface area contributed by atoms with Gasteiger partial charge in [0, 0.05) is 18.9 Å². The highest BCUT2D eigenvalue weighted by atomic mass is 16.7. The van der Waals surface area contributed by atoms with Crippen LogP contribution in [0.5, 0.6) is 0 Å². The molecule has 0 saturated carbocycles. The number of carbonyl (C=O) groups excluding carboxylic acids is 1. The first-order valence-electron chi connectivity index (χ1n) is 6.96. The average molecular weight is 276 g/mol. The molecule has 20 heavy (non-hydrogen) atoms. The molecule has 0 aromatic heterocycles. The molecule has 1 aromatic carbocycles. The predicted molar refractivity (Wildman–Crippen MR) is 75.0 cm³/mol. The fourth-order valence-electron chi connectivity index (χ4n) is 2.23. The minimum atomic E-state index is -0.433. The Bertz CT molecular complexity index is 467. The van der Waals surface area contributed by atoms with Crippen molar-refractivity contribution >= 4 is 5.97 Å². The van der Waals surface area contributed by atoms with Crippen LogP contribution in [0, 0.1) is 0 Å². The molecule has 0 spiro atoms. The zero-order chi connectivity index (χ0) is 14.4. The lowest BCUT2D eigenvalue weighted by Gasteiger charge is -2.28. The molecule has 0 aliphatic carbocycles. The number of ether oxygens (including phenoxy) is 3. The Morgan fingerprint density at radius 1 is 1.25 bits per heavy atom. The van der Waals surface area contributed by atoms with Crippen molar-refractivity contribution < 1.29 is 19.0 Å². The number of hydrogen-bond acceptors (Lipinski definition) is 4. The number of esters is 1. The number of rotatable bonds is 5. The molecule has 1 heterocycles. The van der Waals surface area contributed by atoms with Gasteiger partial charge in [0.2, 0.25) is 12.0 Å². The third kappa shape index (κ3) is 3.61. The molecule has 2 rings (SSSR count). The van der Waals surface area contributed by atoms with Crippen LogP contribution in [0.15, 0.2) is 42.2 Å². The average Bonchev–Trinajstić information content (AvgIpc) is 2.48. The Hall–Kier alpha value is -1.81. The van der Waals surface area contributed by atoms with Crippen LogP contribution in [0.3, 0.4) is 0 Å². The molecule has 0 radical (unpaired) electrons. The Kier molecular flexibility index (Phi) is 5.18. The first kappa shape index (κ1) is 14.6. The number of benzene rings is 1. The molecule has 4 heteroatoms. The van der Waals surface area contributed by atoms with E-state index >= 15 is 0 Å². The van der Waals surface area contributed by atoms with Crippen LogP contribution in [0.25, 0.3) is 0 Å². The molecule has 1 aromatic rings. The predicted octanol–water partition coefficient (Wildman–Crippen LogP) is 3.00. The van der Waals surface area contributed by atoms with Gasteiger partial charge in [-0.25, -0.2) is 4.79 Å². The largest absolute Gasteiger partial charge is 0.460 e. The standard InChI is InChI=1S/C16H20O4/c1-3-18-15-11-13(12-8-6-5-7-9-12)10-14(20-15)16(17)19-4-2/h5-10,13,15H,3-4,11H2,1-2H3/t13-,15-/m1/s1. The van der Waals surface area contributed by atoms with Gasteiger partial charge in [0.1, 0.15) is 0 Å². The Morgan fingerprint density at radius 3 is 2.65 bits per heavy atom. The Balaban J connectivity index is 2.21. The maximum absolute atomic E-state index is 11.9. The van der Waals surface area contributed by atoms with Gasteiger partial charge in [-0.3, -0.25) is 0 Å². The molecule has 1 aliphatic rings. The van der Waals surface area contributed by atoms with Crippen molar-refractivity contribution in [1.82, 2.24) is 0 Å². The van der Waals surface area contributed by atoms with Crippen LogP contribution in [-0.2, 0) is 19.0 Å². The quantitative estimate of drug-likeness (QED) is 0.775. The first-order chi connectivity index (χ1) is 9.74. The van der Waals surface area contributed by atoms with E-state index in [1.54, 1.807) is 6.92 Å². The van der Waals surface area contributed by atoms with Gasteiger partial charge < -0.3 is 14.2 Å². The lowest BCUT2D eigenvalue weighted by atomic mass is 9.93. The van der Waals surface area contributed by atoms with Crippen molar-refractivity contribution in [2.75, 3.05) is 13.2 Å². The molecule has 0 bridgehead atoms. The van der Waals surface area contributed by atoms with Crippen molar-refractivity contribution in [2.24, 2.45) is 0 Å². The zero-order valence-corrected chi connectivity index (χ0v) is 11.9. The van der Waals surface area contributed by atoms with Gasteiger partial charge in [0.25, 0.3) is 0 Å². The highest BCUT2D eigenvalue weighted by Crippen LogP contribution is 2.31. The zero-order valence-electron chi connectivity index (χ0n) is 11.9. The van der Waals surface area contributed by atoms with Crippen molar-refractivity contribution in [3.63, 3.8) is 0 Å². The van der Waals surface area contributed by atoms with Crippen LogP contribution in [0.2, 0.25) is 0 Å². The molecule has 0 fully saturated rings. The summed E-state index contributed by atoms with van der Waals surface area (Å²) in [6.07, 6.45) is 2.11. The normalized spacial score (nSPS) is 21.8. The molecule has 0 saturated heterocycles. The summed E-state index contributed by atoms with van der Waals surface area (Å²) in [6, 6.07) is 10.0. The maximum atomic E-state index is 11.9. The van der Waals surface area contributed by atoms with E-state index in [0.717, 1.165) is 5.56 Å². The molecule has 1 aliphatic heterocycles. The number of allylic oxidation sites excluding steroid dienone is 1. The minimum Gasteiger partial charge on any atom is -0.460 e. The summed E-state index contributed by atoms with van der Waals surface area (Å²) in [4.78, 5) is 11.9. The van der Waals surface area contributed by atoms with Gasteiger partial charge in [-0.2, -0.15) is 0 Å². The monoisotopic (exact) mass is 276 g/mol. The smallest absolute Gasteiger partial charge is 0.373 e. The van der Waals surface area contributed by atoms with E-state index in [9.17, 15) is 4.79 Å². The highest BCUT2D eigenvalue weighted by Gasteiger charge is 2.28. The van der Waals surface area contributed by atoms with Crippen molar-refractivity contribution in [3.05, 3.63) is 47.7 Å². The maximum Gasteiger partial charge on any atom is 0.373 e. The third-order valence-electron chi connectivity index (χ3n) is 3.11. The summed E-state index contributed by atoms with van der Waals surface area (Å²) in [5, 5.41) is 0. The lowest BCUT2D eigenvalue weighted by Crippen LogP contribution is -2.27. The number of carbonyl (C=O) groups is 1. The van der Waals surface area contributed by atoms with Gasteiger partial charge in [-0.15, -0.1) is 0 Å². The molecule has 0 N–H and O–H groups in total. The summed E-state index contributed by atoms with van der Waals surface area (Å²) in [6.45, 7) is 4.55. The first-order valence-corrected chi connectivity index (χ1v) is 6.96. The SMILES string of the molecule is CCOC(=O)C1=C[C@@H](c2ccccc2)C[C@H](OCC)O1.